The normalized spacial score (nSPS) is 11.9. The van der Waals surface area contributed by atoms with Gasteiger partial charge in [-0.1, -0.05) is 127 Å². The molecule has 0 aliphatic carbocycles. The molecule has 1 N–H and O–H groups in total. The van der Waals surface area contributed by atoms with Crippen molar-refractivity contribution in [3.05, 3.63) is 42.0 Å². The molecule has 0 aliphatic rings. The predicted molar refractivity (Wildman–Crippen MR) is 128 cm³/mol. The third-order valence-electron chi connectivity index (χ3n) is 6.02. The third-order valence-corrected chi connectivity index (χ3v) is 7.02. The predicted octanol–water partition coefficient (Wildman–Crippen LogP) is 8.11. The summed E-state index contributed by atoms with van der Waals surface area (Å²) in [6, 6.07) is 11.1. The molecule has 2 rings (SSSR count). The van der Waals surface area contributed by atoms with Crippen molar-refractivity contribution in [2.75, 3.05) is 0 Å². The van der Waals surface area contributed by atoms with Crippen LogP contribution in [0.25, 0.3) is 10.8 Å². The highest BCUT2D eigenvalue weighted by molar-refractivity contribution is 7.86. The van der Waals surface area contributed by atoms with Crippen molar-refractivity contribution in [1.82, 2.24) is 0 Å². The van der Waals surface area contributed by atoms with Crippen LogP contribution < -0.4 is 0 Å². The number of aryl methyl sites for hydroxylation is 1. The molecule has 2 aromatic carbocycles. The van der Waals surface area contributed by atoms with Crippen molar-refractivity contribution in [3.63, 3.8) is 0 Å². The van der Waals surface area contributed by atoms with E-state index in [-0.39, 0.29) is 4.90 Å². The lowest BCUT2D eigenvalue weighted by Crippen LogP contribution is -2.04. The Labute approximate surface area is 184 Å². The summed E-state index contributed by atoms with van der Waals surface area (Å²) in [7, 11) is -4.23. The Balaban J connectivity index is 1.62. The molecule has 30 heavy (non-hydrogen) atoms. The lowest BCUT2D eigenvalue weighted by molar-refractivity contribution is 0.482. The zero-order valence-electron chi connectivity index (χ0n) is 18.7. The number of fused-ring (bicyclic) bond motifs is 1. The summed E-state index contributed by atoms with van der Waals surface area (Å²) < 4.78 is 33.7. The van der Waals surface area contributed by atoms with Crippen LogP contribution in [0.1, 0.15) is 102 Å². The Bertz CT molecular complexity index is 842. The molecule has 0 saturated carbocycles. The summed E-state index contributed by atoms with van der Waals surface area (Å²) in [5.74, 6) is 0. The molecule has 0 aliphatic heterocycles. The van der Waals surface area contributed by atoms with Crippen molar-refractivity contribution in [2.45, 2.75) is 108 Å². The molecule has 2 aromatic rings. The minimum absolute atomic E-state index is 0.0929. The van der Waals surface area contributed by atoms with E-state index in [1.54, 1.807) is 6.07 Å². The van der Waals surface area contributed by atoms with Crippen molar-refractivity contribution in [3.8, 4) is 0 Å². The Morgan fingerprint density at radius 3 is 1.70 bits per heavy atom. The second-order valence-corrected chi connectivity index (χ2v) is 9.95. The molecule has 0 radical (unpaired) electrons. The van der Waals surface area contributed by atoms with E-state index in [0.717, 1.165) is 23.8 Å². The molecule has 0 spiro atoms. The molecule has 0 atom stereocenters. The number of unbranched alkanes of at least 4 members (excludes halogenated alkanes) is 13. The zero-order chi connectivity index (χ0) is 21.7. The van der Waals surface area contributed by atoms with Crippen LogP contribution >= 0.6 is 0 Å². The molecular formula is C26H40O3S. The molecule has 0 saturated heterocycles. The van der Waals surface area contributed by atoms with Gasteiger partial charge < -0.3 is 0 Å². The maximum atomic E-state index is 12.0. The minimum atomic E-state index is -4.23. The van der Waals surface area contributed by atoms with Crippen LogP contribution in [0.3, 0.4) is 0 Å². The van der Waals surface area contributed by atoms with E-state index in [4.69, 9.17) is 0 Å². The molecule has 0 amide bonds. The maximum absolute atomic E-state index is 12.0. The van der Waals surface area contributed by atoms with E-state index in [1.165, 1.54) is 77.0 Å². The van der Waals surface area contributed by atoms with Crippen LogP contribution in [-0.2, 0) is 16.5 Å². The first kappa shape index (κ1) is 24.9. The Hall–Kier alpha value is -1.39. The van der Waals surface area contributed by atoms with E-state index in [1.807, 2.05) is 30.3 Å². The first-order valence-corrected chi connectivity index (χ1v) is 13.5. The van der Waals surface area contributed by atoms with Crippen LogP contribution in [0.5, 0.6) is 0 Å². The average molecular weight is 433 g/mol. The highest BCUT2D eigenvalue weighted by Gasteiger charge is 2.18. The van der Waals surface area contributed by atoms with E-state index >= 15 is 0 Å². The Morgan fingerprint density at radius 1 is 0.667 bits per heavy atom. The van der Waals surface area contributed by atoms with Crippen molar-refractivity contribution in [2.24, 2.45) is 0 Å². The summed E-state index contributed by atoms with van der Waals surface area (Å²) in [6.45, 7) is 2.26. The molecule has 0 heterocycles. The first-order valence-electron chi connectivity index (χ1n) is 12.0. The smallest absolute Gasteiger partial charge is 0.282 e. The monoisotopic (exact) mass is 432 g/mol. The van der Waals surface area contributed by atoms with Crippen LogP contribution in [0, 0.1) is 0 Å². The molecular weight excluding hydrogens is 392 g/mol. The quantitative estimate of drug-likeness (QED) is 0.215. The highest BCUT2D eigenvalue weighted by atomic mass is 32.2. The summed E-state index contributed by atoms with van der Waals surface area (Å²) in [5.41, 5.74) is 0.732. The zero-order valence-corrected chi connectivity index (χ0v) is 19.6. The van der Waals surface area contributed by atoms with Gasteiger partial charge in [0.1, 0.15) is 4.90 Å². The number of hydrogen-bond acceptors (Lipinski definition) is 2. The van der Waals surface area contributed by atoms with Gasteiger partial charge in [0.2, 0.25) is 0 Å². The van der Waals surface area contributed by atoms with Crippen molar-refractivity contribution in [1.29, 1.82) is 0 Å². The standard InChI is InChI=1S/C26H40O3S/c1-2-3-4-5-6-7-8-9-10-11-12-13-14-15-19-24-22-21-23-18-16-17-20-25(23)26(24)30(27,28)29/h16-18,20-22H,2-15,19H2,1H3,(H,27,28,29). The molecule has 0 bridgehead atoms. The van der Waals surface area contributed by atoms with Gasteiger partial charge in [0.25, 0.3) is 10.1 Å². The second kappa shape index (κ2) is 13.8. The molecule has 0 fully saturated rings. The summed E-state index contributed by atoms with van der Waals surface area (Å²) in [5, 5.41) is 1.46. The third kappa shape index (κ3) is 8.77. The van der Waals surface area contributed by atoms with E-state index in [9.17, 15) is 13.0 Å². The fourth-order valence-electron chi connectivity index (χ4n) is 4.30. The second-order valence-electron chi connectivity index (χ2n) is 8.60. The Morgan fingerprint density at radius 2 is 1.17 bits per heavy atom. The number of rotatable bonds is 16. The minimum Gasteiger partial charge on any atom is -0.282 e. The maximum Gasteiger partial charge on any atom is 0.295 e. The van der Waals surface area contributed by atoms with Gasteiger partial charge in [-0.3, -0.25) is 4.55 Å². The largest absolute Gasteiger partial charge is 0.295 e. The fraction of sp³-hybridized carbons (Fsp3) is 0.615. The van der Waals surface area contributed by atoms with Crippen LogP contribution in [0.4, 0.5) is 0 Å². The van der Waals surface area contributed by atoms with Gasteiger partial charge >= 0.3 is 0 Å². The first-order chi connectivity index (χ1) is 14.5. The van der Waals surface area contributed by atoms with Crippen LogP contribution in [-0.4, -0.2) is 13.0 Å². The van der Waals surface area contributed by atoms with Gasteiger partial charge in [-0.25, -0.2) is 0 Å². The van der Waals surface area contributed by atoms with Crippen LogP contribution in [0.15, 0.2) is 41.3 Å². The van der Waals surface area contributed by atoms with Gasteiger partial charge in [0, 0.05) is 5.39 Å². The lowest BCUT2D eigenvalue weighted by atomic mass is 10.0. The van der Waals surface area contributed by atoms with Crippen LogP contribution in [0.2, 0.25) is 0 Å². The SMILES string of the molecule is CCCCCCCCCCCCCCCCc1ccc2ccccc2c1S(=O)(=O)O. The molecule has 0 unspecified atom stereocenters. The summed E-state index contributed by atoms with van der Waals surface area (Å²) in [6.07, 6.45) is 18.9. The average Bonchev–Trinajstić information content (AvgIpc) is 2.72. The molecule has 3 nitrogen and oxygen atoms in total. The fourth-order valence-corrected chi connectivity index (χ4v) is 5.26. The topological polar surface area (TPSA) is 54.4 Å². The van der Waals surface area contributed by atoms with Crippen molar-refractivity contribution >= 4 is 20.9 Å². The Kier molecular flexibility index (Phi) is 11.5. The molecule has 0 aromatic heterocycles. The van der Waals surface area contributed by atoms with Gasteiger partial charge in [0.05, 0.1) is 0 Å². The van der Waals surface area contributed by atoms with Gasteiger partial charge in [-0.2, -0.15) is 8.42 Å². The van der Waals surface area contributed by atoms with E-state index in [2.05, 4.69) is 6.92 Å². The molecule has 168 valence electrons. The lowest BCUT2D eigenvalue weighted by Gasteiger charge is -2.11. The number of benzene rings is 2. The van der Waals surface area contributed by atoms with Gasteiger partial charge in [-0.05, 0) is 23.8 Å². The van der Waals surface area contributed by atoms with Gasteiger partial charge in [-0.15, -0.1) is 0 Å². The number of hydrogen-bond donors (Lipinski definition) is 1. The van der Waals surface area contributed by atoms with Crippen molar-refractivity contribution < 1.29 is 13.0 Å². The van der Waals surface area contributed by atoms with E-state index < -0.39 is 10.1 Å². The highest BCUT2D eigenvalue weighted by Crippen LogP contribution is 2.28. The molecule has 4 heteroatoms. The summed E-state index contributed by atoms with van der Waals surface area (Å²) in [4.78, 5) is 0.0929. The summed E-state index contributed by atoms with van der Waals surface area (Å²) >= 11 is 0. The van der Waals surface area contributed by atoms with E-state index in [0.29, 0.717) is 11.8 Å². The van der Waals surface area contributed by atoms with Gasteiger partial charge in [0.15, 0.2) is 0 Å².